The number of nitro groups is 1. The summed E-state index contributed by atoms with van der Waals surface area (Å²) in [4.78, 5) is 24.8. The molecule has 0 aliphatic heterocycles. The van der Waals surface area contributed by atoms with Gasteiger partial charge in [-0.15, -0.1) is 0 Å². The average molecular weight is 293 g/mol. The second-order valence-corrected chi connectivity index (χ2v) is 4.27. The van der Waals surface area contributed by atoms with E-state index in [1.165, 1.54) is 18.3 Å². The third-order valence-corrected chi connectivity index (χ3v) is 2.90. The van der Waals surface area contributed by atoms with Crippen LogP contribution >= 0.6 is 11.6 Å². The molecule has 2 aromatic rings. The molecule has 0 radical (unpaired) electrons. The summed E-state index contributed by atoms with van der Waals surface area (Å²) in [7, 11) is 0. The highest BCUT2D eigenvalue weighted by molar-refractivity contribution is 6.31. The lowest BCUT2D eigenvalue weighted by atomic mass is 10.2. The molecule has 102 valence electrons. The van der Waals surface area contributed by atoms with Crippen LogP contribution < -0.4 is 4.74 Å². The molecule has 1 aromatic carbocycles. The minimum absolute atomic E-state index is 0.0721. The van der Waals surface area contributed by atoms with Crippen LogP contribution in [0.15, 0.2) is 36.7 Å². The highest BCUT2D eigenvalue weighted by Gasteiger charge is 2.16. The van der Waals surface area contributed by atoms with E-state index in [2.05, 4.69) is 4.98 Å². The van der Waals surface area contributed by atoms with Gasteiger partial charge in [-0.2, -0.15) is 0 Å². The predicted molar refractivity (Wildman–Crippen MR) is 72.1 cm³/mol. The Hall–Kier alpha value is -2.47. The number of pyridine rings is 1. The Balaban J connectivity index is 2.23. The van der Waals surface area contributed by atoms with Crippen LogP contribution in [0, 0.1) is 10.1 Å². The summed E-state index contributed by atoms with van der Waals surface area (Å²) in [5, 5.41) is 11.4. The van der Waals surface area contributed by atoms with E-state index in [9.17, 15) is 14.9 Å². The second kappa shape index (κ2) is 6.12. The molecule has 1 heterocycles. The van der Waals surface area contributed by atoms with Crippen molar-refractivity contribution in [2.45, 2.75) is 6.61 Å². The molecule has 0 N–H and O–H groups in total. The van der Waals surface area contributed by atoms with Crippen molar-refractivity contribution in [3.63, 3.8) is 0 Å². The van der Waals surface area contributed by atoms with Gasteiger partial charge in [0.05, 0.1) is 9.95 Å². The molecule has 2 rings (SSSR count). The van der Waals surface area contributed by atoms with Crippen molar-refractivity contribution in [1.29, 1.82) is 0 Å². The molecule has 0 aliphatic rings. The van der Waals surface area contributed by atoms with Crippen molar-refractivity contribution < 1.29 is 14.5 Å². The maximum Gasteiger partial charge on any atom is 0.311 e. The molecule has 0 saturated heterocycles. The Kier molecular flexibility index (Phi) is 4.27. The zero-order chi connectivity index (χ0) is 14.5. The van der Waals surface area contributed by atoms with Gasteiger partial charge in [-0.1, -0.05) is 11.6 Å². The fourth-order valence-electron chi connectivity index (χ4n) is 1.55. The minimum Gasteiger partial charge on any atom is -0.482 e. The summed E-state index contributed by atoms with van der Waals surface area (Å²) in [6.07, 6.45) is 3.55. The third-order valence-electron chi connectivity index (χ3n) is 2.56. The van der Waals surface area contributed by atoms with Crippen LogP contribution in [0.5, 0.6) is 5.75 Å². The number of ether oxygens (including phenoxy) is 1. The molecule has 20 heavy (non-hydrogen) atoms. The summed E-state index contributed by atoms with van der Waals surface area (Å²) in [5.41, 5.74) is 0.612. The van der Waals surface area contributed by atoms with Gasteiger partial charge in [0.1, 0.15) is 12.9 Å². The standard InChI is InChI=1S/C13H9ClN2O4/c14-11-6-15-4-3-10(11)8-20-13-2-1-9(7-17)5-12(13)16(18)19/h1-7H,8H2. The van der Waals surface area contributed by atoms with Crippen LogP contribution in [0.4, 0.5) is 5.69 Å². The summed E-state index contributed by atoms with van der Waals surface area (Å²) >= 11 is 5.92. The highest BCUT2D eigenvalue weighted by Crippen LogP contribution is 2.28. The zero-order valence-corrected chi connectivity index (χ0v) is 10.9. The SMILES string of the molecule is O=Cc1ccc(OCc2ccncc2Cl)c([N+](=O)[O-])c1. The van der Waals surface area contributed by atoms with E-state index >= 15 is 0 Å². The first-order chi connectivity index (χ1) is 9.61. The highest BCUT2D eigenvalue weighted by atomic mass is 35.5. The molecule has 0 atom stereocenters. The maximum absolute atomic E-state index is 10.9. The van der Waals surface area contributed by atoms with Gasteiger partial charge in [-0.05, 0) is 18.2 Å². The Morgan fingerprint density at radius 1 is 1.40 bits per heavy atom. The predicted octanol–water partition coefficient (Wildman–Crippen LogP) is 3.03. The number of aldehydes is 1. The number of nitrogens with zero attached hydrogens (tertiary/aromatic N) is 2. The molecule has 0 bridgehead atoms. The van der Waals surface area contributed by atoms with Crippen LogP contribution in [0.25, 0.3) is 0 Å². The fraction of sp³-hybridized carbons (Fsp3) is 0.0769. The van der Waals surface area contributed by atoms with Crippen LogP contribution in [-0.4, -0.2) is 16.2 Å². The number of halogens is 1. The van der Waals surface area contributed by atoms with Gasteiger partial charge in [0, 0.05) is 29.6 Å². The van der Waals surface area contributed by atoms with Gasteiger partial charge in [-0.3, -0.25) is 19.9 Å². The lowest BCUT2D eigenvalue weighted by molar-refractivity contribution is -0.386. The summed E-state index contributed by atoms with van der Waals surface area (Å²) in [5.74, 6) is 0.0773. The average Bonchev–Trinajstić information content (AvgIpc) is 2.46. The molecule has 0 unspecified atom stereocenters. The van der Waals surface area contributed by atoms with Crippen LogP contribution in [-0.2, 0) is 6.61 Å². The van der Waals surface area contributed by atoms with E-state index in [4.69, 9.17) is 16.3 Å². The zero-order valence-electron chi connectivity index (χ0n) is 10.2. The number of hydrogen-bond donors (Lipinski definition) is 0. The van der Waals surface area contributed by atoms with Crippen LogP contribution in [0.3, 0.4) is 0 Å². The quantitative estimate of drug-likeness (QED) is 0.480. The van der Waals surface area contributed by atoms with Crippen LogP contribution in [0.2, 0.25) is 5.02 Å². The van der Waals surface area contributed by atoms with Crippen molar-refractivity contribution in [1.82, 2.24) is 4.98 Å². The molecule has 0 amide bonds. The molecule has 0 aliphatic carbocycles. The number of aromatic nitrogens is 1. The van der Waals surface area contributed by atoms with Crippen molar-refractivity contribution in [2.75, 3.05) is 0 Å². The number of rotatable bonds is 5. The van der Waals surface area contributed by atoms with Gasteiger partial charge < -0.3 is 4.74 Å². The molecular formula is C13H9ClN2O4. The number of nitro benzene ring substituents is 1. The molecule has 6 nitrogen and oxygen atoms in total. The first-order valence-corrected chi connectivity index (χ1v) is 5.94. The van der Waals surface area contributed by atoms with Gasteiger partial charge >= 0.3 is 5.69 Å². The molecule has 0 saturated carbocycles. The van der Waals surface area contributed by atoms with E-state index in [-0.39, 0.29) is 23.6 Å². The first-order valence-electron chi connectivity index (χ1n) is 5.56. The molecule has 1 aromatic heterocycles. The van der Waals surface area contributed by atoms with Gasteiger partial charge in [0.2, 0.25) is 0 Å². The third kappa shape index (κ3) is 3.10. The number of benzene rings is 1. The monoisotopic (exact) mass is 292 g/mol. The number of carbonyl (C=O) groups excluding carboxylic acids is 1. The first kappa shape index (κ1) is 14.0. The molecule has 0 spiro atoms. The maximum atomic E-state index is 10.9. The lowest BCUT2D eigenvalue weighted by Gasteiger charge is -2.08. The Morgan fingerprint density at radius 3 is 2.85 bits per heavy atom. The van der Waals surface area contributed by atoms with E-state index in [0.29, 0.717) is 16.9 Å². The largest absolute Gasteiger partial charge is 0.482 e. The fourth-order valence-corrected chi connectivity index (χ4v) is 1.72. The minimum atomic E-state index is -0.601. The van der Waals surface area contributed by atoms with Gasteiger partial charge in [0.15, 0.2) is 5.75 Å². The molecular weight excluding hydrogens is 284 g/mol. The molecule has 7 heteroatoms. The lowest BCUT2D eigenvalue weighted by Crippen LogP contribution is -2.00. The smallest absolute Gasteiger partial charge is 0.311 e. The topological polar surface area (TPSA) is 82.3 Å². The van der Waals surface area contributed by atoms with E-state index in [0.717, 1.165) is 6.07 Å². The normalized spacial score (nSPS) is 10.1. The second-order valence-electron chi connectivity index (χ2n) is 3.86. The number of carbonyl (C=O) groups is 1. The summed E-state index contributed by atoms with van der Waals surface area (Å²) in [6, 6.07) is 5.66. The van der Waals surface area contributed by atoms with Crippen molar-refractivity contribution >= 4 is 23.6 Å². The van der Waals surface area contributed by atoms with Crippen molar-refractivity contribution in [3.05, 3.63) is 62.9 Å². The number of hydrogen-bond acceptors (Lipinski definition) is 5. The Morgan fingerprint density at radius 2 is 2.20 bits per heavy atom. The summed E-state index contributed by atoms with van der Waals surface area (Å²) in [6.45, 7) is 0.0721. The van der Waals surface area contributed by atoms with E-state index in [1.807, 2.05) is 0 Å². The van der Waals surface area contributed by atoms with Gasteiger partial charge in [-0.25, -0.2) is 0 Å². The van der Waals surface area contributed by atoms with Crippen molar-refractivity contribution in [2.24, 2.45) is 0 Å². The Bertz CT molecular complexity index is 661. The molecule has 0 fully saturated rings. The summed E-state index contributed by atoms with van der Waals surface area (Å²) < 4.78 is 5.40. The van der Waals surface area contributed by atoms with Crippen molar-refractivity contribution in [3.8, 4) is 5.75 Å². The van der Waals surface area contributed by atoms with Crippen LogP contribution in [0.1, 0.15) is 15.9 Å². The Labute approximate surface area is 119 Å². The van der Waals surface area contributed by atoms with E-state index in [1.54, 1.807) is 12.3 Å². The van der Waals surface area contributed by atoms with E-state index < -0.39 is 4.92 Å². The van der Waals surface area contributed by atoms with Gasteiger partial charge in [0.25, 0.3) is 0 Å².